The fourth-order valence-corrected chi connectivity index (χ4v) is 5.84. The minimum absolute atomic E-state index is 0.00572. The van der Waals surface area contributed by atoms with E-state index in [2.05, 4.69) is 15.4 Å². The van der Waals surface area contributed by atoms with Gasteiger partial charge in [0.25, 0.3) is 5.95 Å². The van der Waals surface area contributed by atoms with Crippen molar-refractivity contribution in [2.24, 2.45) is 13.0 Å². The molecule has 264 valence electrons. The molecule has 2 atom stereocenters. The Kier molecular flexibility index (Phi) is 10.6. The summed E-state index contributed by atoms with van der Waals surface area (Å²) in [5, 5.41) is 11.9. The minimum Gasteiger partial charge on any atom is -0.446 e. The Morgan fingerprint density at radius 1 is 0.958 bits per heavy atom. The maximum absolute atomic E-state index is 14.3. The van der Waals surface area contributed by atoms with E-state index in [0.29, 0.717) is 18.6 Å². The fraction of sp³-hybridized carbons (Fsp3) is 0.548. The van der Waals surface area contributed by atoms with Crippen LogP contribution in [0.2, 0.25) is 0 Å². The molecule has 1 amide bonds. The van der Waals surface area contributed by atoms with Crippen molar-refractivity contribution < 1.29 is 49.0 Å². The number of aromatic nitrogens is 4. The Morgan fingerprint density at radius 2 is 1.58 bits per heavy atom. The van der Waals surface area contributed by atoms with Crippen LogP contribution in [0.5, 0.6) is 0 Å². The smallest absolute Gasteiger partial charge is 0.416 e. The van der Waals surface area contributed by atoms with Crippen molar-refractivity contribution in [3.63, 3.8) is 0 Å². The van der Waals surface area contributed by atoms with Gasteiger partial charge in [0.1, 0.15) is 6.10 Å². The normalized spacial score (nSPS) is 16.5. The van der Waals surface area contributed by atoms with Gasteiger partial charge in [0.2, 0.25) is 0 Å². The molecule has 1 aromatic heterocycles. The number of rotatable bonds is 8. The van der Waals surface area contributed by atoms with E-state index in [1.807, 2.05) is 13.8 Å². The number of hydrogen-bond donors (Lipinski definition) is 0. The highest BCUT2D eigenvalue weighted by Crippen LogP contribution is 2.45. The summed E-state index contributed by atoms with van der Waals surface area (Å²) in [7, 11) is 1.39. The van der Waals surface area contributed by atoms with Crippen LogP contribution < -0.4 is 9.80 Å². The van der Waals surface area contributed by atoms with Gasteiger partial charge in [0.05, 0.1) is 35.5 Å². The van der Waals surface area contributed by atoms with E-state index in [1.165, 1.54) is 24.9 Å². The second-order valence-electron chi connectivity index (χ2n) is 11.9. The minimum atomic E-state index is -5.11. The zero-order valence-corrected chi connectivity index (χ0v) is 26.8. The number of carbonyl (C=O) groups excluding carboxylic acids is 1. The van der Waals surface area contributed by atoms with Crippen molar-refractivity contribution in [1.82, 2.24) is 20.2 Å². The lowest BCUT2D eigenvalue weighted by molar-refractivity contribution is -0.143. The number of benzene rings is 2. The molecule has 0 radical (unpaired) electrons. The Morgan fingerprint density at radius 3 is 2.06 bits per heavy atom. The van der Waals surface area contributed by atoms with Gasteiger partial charge in [-0.25, -0.2) is 4.79 Å². The van der Waals surface area contributed by atoms with E-state index in [-0.39, 0.29) is 60.6 Å². The third-order valence-electron chi connectivity index (χ3n) is 8.20. The summed E-state index contributed by atoms with van der Waals surface area (Å²) in [4.78, 5) is 17.0. The molecule has 0 saturated heterocycles. The van der Waals surface area contributed by atoms with Gasteiger partial charge in [-0.1, -0.05) is 38.9 Å². The lowest BCUT2D eigenvalue weighted by Gasteiger charge is -2.33. The summed E-state index contributed by atoms with van der Waals surface area (Å²) < 4.78 is 131. The summed E-state index contributed by atoms with van der Waals surface area (Å²) in [5.41, 5.74) is -4.57. The molecule has 1 unspecified atom stereocenters. The van der Waals surface area contributed by atoms with Crippen LogP contribution in [0, 0.1) is 5.92 Å². The maximum atomic E-state index is 14.3. The van der Waals surface area contributed by atoms with Gasteiger partial charge in [0.15, 0.2) is 0 Å². The van der Waals surface area contributed by atoms with Crippen molar-refractivity contribution in [2.75, 3.05) is 16.3 Å². The zero-order chi connectivity index (χ0) is 35.8. The molecule has 4 rings (SSSR count). The molecule has 2 heterocycles. The van der Waals surface area contributed by atoms with Crippen LogP contribution in [0.25, 0.3) is 0 Å². The summed E-state index contributed by atoms with van der Waals surface area (Å²) >= 11 is 0. The van der Waals surface area contributed by atoms with Gasteiger partial charge < -0.3 is 9.64 Å². The first-order valence-corrected chi connectivity index (χ1v) is 15.3. The summed E-state index contributed by atoms with van der Waals surface area (Å²) in [6, 6.07) is 2.25. The number of amides is 1. The van der Waals surface area contributed by atoms with Gasteiger partial charge in [-0.05, 0) is 77.8 Å². The van der Waals surface area contributed by atoms with Crippen molar-refractivity contribution in [3.8, 4) is 0 Å². The highest BCUT2D eigenvalue weighted by atomic mass is 19.4. The number of ether oxygens (including phenoxy) is 1. The molecule has 1 aliphatic heterocycles. The summed E-state index contributed by atoms with van der Waals surface area (Å²) in [6.07, 6.45) is -15.8. The van der Waals surface area contributed by atoms with E-state index in [0.717, 1.165) is 15.8 Å². The number of alkyl halides is 9. The number of tetrazole rings is 1. The Bertz CT molecular complexity index is 1570. The molecule has 2 aromatic carbocycles. The van der Waals surface area contributed by atoms with Crippen LogP contribution in [-0.2, 0) is 43.3 Å². The third-order valence-corrected chi connectivity index (χ3v) is 8.20. The summed E-state index contributed by atoms with van der Waals surface area (Å²) in [6.45, 7) is 6.26. The van der Waals surface area contributed by atoms with Crippen molar-refractivity contribution in [3.05, 3.63) is 63.7 Å². The highest BCUT2D eigenvalue weighted by molar-refractivity contribution is 5.89. The van der Waals surface area contributed by atoms with Gasteiger partial charge >= 0.3 is 24.6 Å². The van der Waals surface area contributed by atoms with Gasteiger partial charge in [-0.15, -0.1) is 5.10 Å². The largest absolute Gasteiger partial charge is 0.446 e. The Hall–Kier alpha value is -4.05. The Balaban J connectivity index is 1.94. The molecule has 8 nitrogen and oxygen atoms in total. The summed E-state index contributed by atoms with van der Waals surface area (Å²) in [5.74, 6) is -0.294. The number of aryl methyl sites for hydroxylation is 2. The van der Waals surface area contributed by atoms with Gasteiger partial charge in [0, 0.05) is 13.1 Å². The number of nitrogens with zero attached hydrogens (tertiary/aromatic N) is 6. The van der Waals surface area contributed by atoms with Crippen LogP contribution in [0.3, 0.4) is 0 Å². The van der Waals surface area contributed by atoms with Crippen LogP contribution in [0.4, 0.5) is 55.9 Å². The average Bonchev–Trinajstić information content (AvgIpc) is 3.33. The van der Waals surface area contributed by atoms with Crippen LogP contribution >= 0.6 is 0 Å². The average molecular weight is 695 g/mol. The molecule has 0 fully saturated rings. The molecule has 48 heavy (non-hydrogen) atoms. The number of carbonyl (C=O) groups is 1. The number of hydrogen-bond acceptors (Lipinski definition) is 6. The topological polar surface area (TPSA) is 76.4 Å². The highest BCUT2D eigenvalue weighted by Gasteiger charge is 2.41. The second-order valence-corrected chi connectivity index (χ2v) is 11.9. The van der Waals surface area contributed by atoms with Gasteiger partial charge in [-0.2, -0.15) is 44.3 Å². The van der Waals surface area contributed by atoms with E-state index >= 15 is 0 Å². The number of anilines is 2. The predicted octanol–water partition coefficient (Wildman–Crippen LogP) is 8.75. The standard InChI is InChI=1S/C31H35F9N6O2/c1-6-19-13-22-24(9-8-10-45(25(22)15-23(19)31(38,39)40)28(47)48-26(7-2)17(3)4)46(27-41-43-44(5)42-27)16-18-11-20(29(32,33)34)14-21(12-18)30(35,36)37/h11-15,17,24,26H,6-10,16H2,1-5H3/t24-,26?/m0/s1. The molecule has 3 aromatic rings. The first-order chi connectivity index (χ1) is 22.2. The number of fused-ring (bicyclic) bond motifs is 1. The fourth-order valence-electron chi connectivity index (χ4n) is 5.84. The molecule has 17 heteroatoms. The molecular weight excluding hydrogens is 659 g/mol. The first kappa shape index (κ1) is 36.8. The molecule has 0 spiro atoms. The van der Waals surface area contributed by atoms with Crippen molar-refractivity contribution in [1.29, 1.82) is 0 Å². The maximum Gasteiger partial charge on any atom is 0.416 e. The van der Waals surface area contributed by atoms with E-state index in [1.54, 1.807) is 6.92 Å². The van der Waals surface area contributed by atoms with Crippen LogP contribution in [0.1, 0.15) is 86.4 Å². The molecule has 0 bridgehead atoms. The monoisotopic (exact) mass is 694 g/mol. The molecule has 1 aliphatic rings. The number of halogens is 9. The lowest BCUT2D eigenvalue weighted by Crippen LogP contribution is -2.37. The van der Waals surface area contributed by atoms with Gasteiger partial charge in [-0.3, -0.25) is 4.90 Å². The first-order valence-electron chi connectivity index (χ1n) is 15.3. The van der Waals surface area contributed by atoms with Crippen molar-refractivity contribution in [2.45, 2.75) is 90.6 Å². The predicted molar refractivity (Wildman–Crippen MR) is 157 cm³/mol. The SMILES string of the molecule is CCc1cc2c(cc1C(F)(F)F)N(C(=O)OC(CC)C(C)C)CCC[C@@H]2N(Cc1cc(C(F)(F)F)cc(C(F)(F)F)c1)c1nnn(C)n1. The van der Waals surface area contributed by atoms with Crippen molar-refractivity contribution >= 4 is 17.7 Å². The molecule has 0 N–H and O–H groups in total. The van der Waals surface area contributed by atoms with Crippen LogP contribution in [-0.4, -0.2) is 38.9 Å². The second kappa shape index (κ2) is 13.8. The molecule has 0 aliphatic carbocycles. The Labute approximate surface area is 270 Å². The molecule has 0 saturated carbocycles. The van der Waals surface area contributed by atoms with E-state index in [9.17, 15) is 44.3 Å². The van der Waals surface area contributed by atoms with Crippen LogP contribution in [0.15, 0.2) is 30.3 Å². The third kappa shape index (κ3) is 8.14. The quantitative estimate of drug-likeness (QED) is 0.220. The van der Waals surface area contributed by atoms with E-state index in [4.69, 9.17) is 4.74 Å². The lowest BCUT2D eigenvalue weighted by atomic mass is 9.93. The zero-order valence-electron chi connectivity index (χ0n) is 26.8. The molecular formula is C31H35F9N6O2. The van der Waals surface area contributed by atoms with E-state index < -0.39 is 65.6 Å².